The number of hydrogen-bond acceptors (Lipinski definition) is 2. The molecule has 0 radical (unpaired) electrons. The number of carboxylic acid groups (broad SMARTS) is 1. The summed E-state index contributed by atoms with van der Waals surface area (Å²) < 4.78 is 5.61. The Morgan fingerprint density at radius 2 is 1.86 bits per heavy atom. The smallest absolute Gasteiger partial charge is 0.328 e. The van der Waals surface area contributed by atoms with Crippen LogP contribution in [-0.4, -0.2) is 17.7 Å². The fourth-order valence-electron chi connectivity index (χ4n) is 2.09. The van der Waals surface area contributed by atoms with E-state index in [0.29, 0.717) is 17.2 Å². The van der Waals surface area contributed by atoms with E-state index in [0.717, 1.165) is 23.3 Å². The highest BCUT2D eigenvalue weighted by molar-refractivity contribution is 6.30. The molecule has 0 aliphatic rings. The van der Waals surface area contributed by atoms with E-state index >= 15 is 0 Å². The van der Waals surface area contributed by atoms with Crippen molar-refractivity contribution in [2.45, 2.75) is 13.3 Å². The molecule has 114 valence electrons. The fraction of sp³-hybridized carbons (Fsp3) is 0.167. The summed E-state index contributed by atoms with van der Waals surface area (Å²) in [6.07, 6.45) is 2.10. The van der Waals surface area contributed by atoms with Crippen LogP contribution in [0.2, 0.25) is 5.02 Å². The lowest BCUT2D eigenvalue weighted by molar-refractivity contribution is -0.131. The molecule has 1 N–H and O–H groups in total. The number of ether oxygens (including phenoxy) is 1. The summed E-state index contributed by atoms with van der Waals surface area (Å²) in [4.78, 5) is 11.2. The second-order valence-corrected chi connectivity index (χ2v) is 5.22. The molecule has 0 aromatic heterocycles. The maximum Gasteiger partial charge on any atom is 0.328 e. The van der Waals surface area contributed by atoms with Crippen molar-refractivity contribution in [2.75, 3.05) is 6.61 Å². The van der Waals surface area contributed by atoms with Crippen LogP contribution in [0.5, 0.6) is 5.75 Å². The van der Waals surface area contributed by atoms with Crippen molar-refractivity contribution in [3.63, 3.8) is 0 Å². The monoisotopic (exact) mass is 316 g/mol. The van der Waals surface area contributed by atoms with Gasteiger partial charge in [-0.1, -0.05) is 42.8 Å². The van der Waals surface area contributed by atoms with Gasteiger partial charge in [-0.3, -0.25) is 0 Å². The molecule has 0 aliphatic carbocycles. The van der Waals surface area contributed by atoms with E-state index in [1.165, 1.54) is 6.08 Å². The van der Waals surface area contributed by atoms with Crippen LogP contribution < -0.4 is 4.74 Å². The molecule has 0 spiro atoms. The van der Waals surface area contributed by atoms with Gasteiger partial charge >= 0.3 is 5.97 Å². The molecular formula is C18H17ClO3. The number of aliphatic carboxylic acids is 1. The molecule has 0 aliphatic heterocycles. The summed E-state index contributed by atoms with van der Waals surface area (Å²) in [6.45, 7) is 2.66. The van der Waals surface area contributed by atoms with Gasteiger partial charge in [0.2, 0.25) is 0 Å². The Morgan fingerprint density at radius 3 is 2.50 bits per heavy atom. The molecule has 0 bridgehead atoms. The van der Waals surface area contributed by atoms with E-state index in [2.05, 4.69) is 0 Å². The second-order valence-electron chi connectivity index (χ2n) is 4.78. The Balaban J connectivity index is 2.44. The topological polar surface area (TPSA) is 46.5 Å². The van der Waals surface area contributed by atoms with Gasteiger partial charge < -0.3 is 9.84 Å². The standard InChI is InChI=1S/C18H17ClO3/c1-2-9-22-16-8-4-6-14(11-16)17(12-18(20)21)13-5-3-7-15(19)10-13/h3-8,10-12H,2,9H2,1H3,(H,20,21). The number of carboxylic acids is 1. The predicted octanol–water partition coefficient (Wildman–Crippen LogP) is 4.65. The van der Waals surface area contributed by atoms with Gasteiger partial charge in [0.05, 0.1) is 6.61 Å². The quantitative estimate of drug-likeness (QED) is 0.789. The van der Waals surface area contributed by atoms with Gasteiger partial charge in [-0.15, -0.1) is 0 Å². The van der Waals surface area contributed by atoms with E-state index in [1.54, 1.807) is 18.2 Å². The van der Waals surface area contributed by atoms with Gasteiger partial charge in [0.1, 0.15) is 5.75 Å². The first-order valence-electron chi connectivity index (χ1n) is 7.04. The number of carbonyl (C=O) groups is 1. The lowest BCUT2D eigenvalue weighted by atomic mass is 9.97. The number of benzene rings is 2. The van der Waals surface area contributed by atoms with Crippen molar-refractivity contribution < 1.29 is 14.6 Å². The first-order valence-corrected chi connectivity index (χ1v) is 7.41. The van der Waals surface area contributed by atoms with Gasteiger partial charge in [0.25, 0.3) is 0 Å². The van der Waals surface area contributed by atoms with Crippen molar-refractivity contribution >= 4 is 23.1 Å². The molecule has 3 nitrogen and oxygen atoms in total. The molecule has 22 heavy (non-hydrogen) atoms. The van der Waals surface area contributed by atoms with Gasteiger partial charge in [-0.2, -0.15) is 0 Å². The zero-order chi connectivity index (χ0) is 15.9. The lowest BCUT2D eigenvalue weighted by Crippen LogP contribution is -1.98. The number of rotatable bonds is 6. The minimum Gasteiger partial charge on any atom is -0.494 e. The van der Waals surface area contributed by atoms with Crippen molar-refractivity contribution in [2.24, 2.45) is 0 Å². The molecule has 0 fully saturated rings. The van der Waals surface area contributed by atoms with E-state index in [1.807, 2.05) is 37.3 Å². The zero-order valence-electron chi connectivity index (χ0n) is 12.3. The van der Waals surface area contributed by atoms with Gasteiger partial charge in [-0.25, -0.2) is 4.79 Å². The normalized spacial score (nSPS) is 11.3. The summed E-state index contributed by atoms with van der Waals surface area (Å²) in [5, 5.41) is 9.71. The largest absolute Gasteiger partial charge is 0.494 e. The maximum absolute atomic E-state index is 11.2. The molecule has 2 rings (SSSR count). The molecule has 0 heterocycles. The molecule has 0 atom stereocenters. The van der Waals surface area contributed by atoms with Crippen molar-refractivity contribution in [3.8, 4) is 5.75 Å². The highest BCUT2D eigenvalue weighted by Crippen LogP contribution is 2.28. The van der Waals surface area contributed by atoms with Crippen LogP contribution in [0.15, 0.2) is 54.6 Å². The summed E-state index contributed by atoms with van der Waals surface area (Å²) in [7, 11) is 0. The summed E-state index contributed by atoms with van der Waals surface area (Å²) in [6, 6.07) is 14.5. The van der Waals surface area contributed by atoms with Crippen LogP contribution in [0, 0.1) is 0 Å². The third kappa shape index (κ3) is 4.37. The Bertz CT molecular complexity index is 692. The average molecular weight is 317 g/mol. The highest BCUT2D eigenvalue weighted by Gasteiger charge is 2.09. The Kier molecular flexibility index (Phi) is 5.61. The highest BCUT2D eigenvalue weighted by atomic mass is 35.5. The van der Waals surface area contributed by atoms with Crippen LogP contribution >= 0.6 is 11.6 Å². The van der Waals surface area contributed by atoms with Crippen LogP contribution in [0.4, 0.5) is 0 Å². The van der Waals surface area contributed by atoms with E-state index in [-0.39, 0.29) is 0 Å². The summed E-state index contributed by atoms with van der Waals surface area (Å²) in [5.74, 6) is -0.285. The van der Waals surface area contributed by atoms with Crippen LogP contribution in [0.25, 0.3) is 5.57 Å². The third-order valence-electron chi connectivity index (χ3n) is 3.02. The van der Waals surface area contributed by atoms with E-state index in [9.17, 15) is 4.79 Å². The molecular weight excluding hydrogens is 300 g/mol. The average Bonchev–Trinajstić information content (AvgIpc) is 2.50. The Morgan fingerprint density at radius 1 is 1.18 bits per heavy atom. The van der Waals surface area contributed by atoms with Crippen LogP contribution in [0.3, 0.4) is 0 Å². The molecule has 0 saturated heterocycles. The van der Waals surface area contributed by atoms with E-state index < -0.39 is 5.97 Å². The third-order valence-corrected chi connectivity index (χ3v) is 3.26. The SMILES string of the molecule is CCCOc1cccc(C(=CC(=O)O)c2cccc(Cl)c2)c1. The predicted molar refractivity (Wildman–Crippen MR) is 88.4 cm³/mol. The van der Waals surface area contributed by atoms with Crippen molar-refractivity contribution in [1.29, 1.82) is 0 Å². The molecule has 0 saturated carbocycles. The van der Waals surface area contributed by atoms with Gasteiger partial charge in [0.15, 0.2) is 0 Å². The van der Waals surface area contributed by atoms with Crippen molar-refractivity contribution in [1.82, 2.24) is 0 Å². The summed E-state index contributed by atoms with van der Waals surface area (Å²) in [5.41, 5.74) is 2.12. The number of halogens is 1. The lowest BCUT2D eigenvalue weighted by Gasteiger charge is -2.11. The molecule has 2 aromatic rings. The first-order chi connectivity index (χ1) is 10.6. The first kappa shape index (κ1) is 16.1. The molecule has 4 heteroatoms. The fourth-order valence-corrected chi connectivity index (χ4v) is 2.28. The Hall–Kier alpha value is -2.26. The molecule has 2 aromatic carbocycles. The number of hydrogen-bond donors (Lipinski definition) is 1. The van der Waals surface area contributed by atoms with E-state index in [4.69, 9.17) is 21.4 Å². The minimum absolute atomic E-state index is 0.562. The van der Waals surface area contributed by atoms with Crippen LogP contribution in [-0.2, 0) is 4.79 Å². The van der Waals surface area contributed by atoms with Gasteiger partial charge in [-0.05, 0) is 47.4 Å². The summed E-state index contributed by atoms with van der Waals surface area (Å²) >= 11 is 6.01. The zero-order valence-corrected chi connectivity index (χ0v) is 13.0. The van der Waals surface area contributed by atoms with Crippen LogP contribution in [0.1, 0.15) is 24.5 Å². The van der Waals surface area contributed by atoms with Gasteiger partial charge in [0, 0.05) is 11.1 Å². The molecule has 0 amide bonds. The second kappa shape index (κ2) is 7.66. The maximum atomic E-state index is 11.2. The minimum atomic E-state index is -1.00. The van der Waals surface area contributed by atoms with Crippen molar-refractivity contribution in [3.05, 3.63) is 70.8 Å². The Labute approximate surface area is 134 Å². The molecule has 0 unspecified atom stereocenters.